The SMILES string of the molecule is N#C/C(=C/c1ccc(-c2cccc([N+](=O)[O-])c2)o1)C(=O)[O-]. The first kappa shape index (κ1) is 14.0. The summed E-state index contributed by atoms with van der Waals surface area (Å²) in [7, 11) is 0. The molecular weight excluding hydrogens is 276 g/mol. The van der Waals surface area contributed by atoms with Gasteiger partial charge in [0.15, 0.2) is 0 Å². The van der Waals surface area contributed by atoms with Gasteiger partial charge >= 0.3 is 0 Å². The second-order valence-corrected chi connectivity index (χ2v) is 3.97. The van der Waals surface area contributed by atoms with E-state index in [1.807, 2.05) is 0 Å². The number of hydrogen-bond donors (Lipinski definition) is 0. The summed E-state index contributed by atoms with van der Waals surface area (Å²) in [6.45, 7) is 0. The first-order valence-corrected chi connectivity index (χ1v) is 5.69. The number of carbonyl (C=O) groups excluding carboxylic acids is 1. The molecule has 1 aromatic heterocycles. The van der Waals surface area contributed by atoms with Gasteiger partial charge in [-0.25, -0.2) is 0 Å². The molecule has 1 heterocycles. The molecule has 2 rings (SSSR count). The Balaban J connectivity index is 2.37. The van der Waals surface area contributed by atoms with Crippen LogP contribution in [0.1, 0.15) is 5.76 Å². The molecule has 21 heavy (non-hydrogen) atoms. The molecule has 0 N–H and O–H groups in total. The maximum absolute atomic E-state index is 10.7. The van der Waals surface area contributed by atoms with Gasteiger partial charge in [-0.3, -0.25) is 10.1 Å². The minimum Gasteiger partial charge on any atom is -0.544 e. The largest absolute Gasteiger partial charge is 0.544 e. The van der Waals surface area contributed by atoms with Crippen molar-refractivity contribution in [1.82, 2.24) is 0 Å². The van der Waals surface area contributed by atoms with E-state index in [0.29, 0.717) is 11.3 Å². The Kier molecular flexibility index (Phi) is 3.81. The normalized spacial score (nSPS) is 10.9. The fourth-order valence-corrected chi connectivity index (χ4v) is 1.64. The first-order chi connectivity index (χ1) is 10.0. The van der Waals surface area contributed by atoms with Gasteiger partial charge in [0.25, 0.3) is 5.69 Å². The van der Waals surface area contributed by atoms with Gasteiger partial charge in [-0.1, -0.05) is 12.1 Å². The lowest BCUT2D eigenvalue weighted by Crippen LogP contribution is -2.23. The topological polar surface area (TPSA) is 120 Å². The summed E-state index contributed by atoms with van der Waals surface area (Å²) in [4.78, 5) is 20.8. The lowest BCUT2D eigenvalue weighted by atomic mass is 10.1. The molecule has 7 nitrogen and oxygen atoms in total. The molecule has 0 saturated carbocycles. The van der Waals surface area contributed by atoms with E-state index in [2.05, 4.69) is 0 Å². The maximum Gasteiger partial charge on any atom is 0.270 e. The predicted molar refractivity (Wildman–Crippen MR) is 69.4 cm³/mol. The molecule has 0 unspecified atom stereocenters. The fourth-order valence-electron chi connectivity index (χ4n) is 1.64. The third-order valence-electron chi connectivity index (χ3n) is 2.60. The molecule has 1 aromatic carbocycles. The van der Waals surface area contributed by atoms with Crippen LogP contribution in [0, 0.1) is 21.4 Å². The fraction of sp³-hybridized carbons (Fsp3) is 0. The van der Waals surface area contributed by atoms with Crippen molar-refractivity contribution in [1.29, 1.82) is 5.26 Å². The Bertz CT molecular complexity index is 783. The number of nitro groups is 1. The van der Waals surface area contributed by atoms with Crippen LogP contribution in [0.15, 0.2) is 46.4 Å². The van der Waals surface area contributed by atoms with Crippen molar-refractivity contribution in [3.63, 3.8) is 0 Å². The third kappa shape index (κ3) is 3.13. The Labute approximate surface area is 118 Å². The van der Waals surface area contributed by atoms with E-state index in [0.717, 1.165) is 6.08 Å². The number of hydrogen-bond acceptors (Lipinski definition) is 6. The number of carboxylic acid groups (broad SMARTS) is 1. The van der Waals surface area contributed by atoms with E-state index < -0.39 is 16.5 Å². The number of nitrogens with zero attached hydrogens (tertiary/aromatic N) is 2. The lowest BCUT2D eigenvalue weighted by Gasteiger charge is -1.98. The van der Waals surface area contributed by atoms with Gasteiger partial charge in [0, 0.05) is 23.8 Å². The highest BCUT2D eigenvalue weighted by Crippen LogP contribution is 2.26. The number of carbonyl (C=O) groups is 1. The maximum atomic E-state index is 10.7. The molecule has 0 atom stereocenters. The Morgan fingerprint density at radius 2 is 2.10 bits per heavy atom. The van der Waals surface area contributed by atoms with Crippen molar-refractivity contribution >= 4 is 17.7 Å². The van der Waals surface area contributed by atoms with Crippen molar-refractivity contribution in [2.75, 3.05) is 0 Å². The smallest absolute Gasteiger partial charge is 0.270 e. The van der Waals surface area contributed by atoms with Gasteiger partial charge < -0.3 is 14.3 Å². The molecule has 0 aliphatic rings. The van der Waals surface area contributed by atoms with Crippen LogP contribution in [-0.2, 0) is 4.79 Å². The second-order valence-electron chi connectivity index (χ2n) is 3.97. The van der Waals surface area contributed by atoms with Crippen molar-refractivity contribution in [3.8, 4) is 17.4 Å². The van der Waals surface area contributed by atoms with E-state index in [1.54, 1.807) is 6.07 Å². The second kappa shape index (κ2) is 5.71. The average Bonchev–Trinajstić information content (AvgIpc) is 2.93. The van der Waals surface area contributed by atoms with Gasteiger partial charge in [-0.15, -0.1) is 0 Å². The molecule has 0 spiro atoms. The zero-order valence-electron chi connectivity index (χ0n) is 10.5. The van der Waals surface area contributed by atoms with Crippen molar-refractivity contribution in [3.05, 3.63) is 57.8 Å². The van der Waals surface area contributed by atoms with Crippen LogP contribution in [0.5, 0.6) is 0 Å². The quantitative estimate of drug-likeness (QED) is 0.363. The molecule has 0 aliphatic carbocycles. The molecule has 104 valence electrons. The molecule has 0 radical (unpaired) electrons. The van der Waals surface area contributed by atoms with E-state index in [9.17, 15) is 20.0 Å². The zero-order valence-corrected chi connectivity index (χ0v) is 10.5. The number of aliphatic carboxylic acids is 1. The number of carboxylic acids is 1. The van der Waals surface area contributed by atoms with Crippen LogP contribution in [0.3, 0.4) is 0 Å². The van der Waals surface area contributed by atoms with Crippen LogP contribution in [-0.4, -0.2) is 10.9 Å². The van der Waals surface area contributed by atoms with Crippen LogP contribution < -0.4 is 5.11 Å². The molecule has 0 saturated heterocycles. The summed E-state index contributed by atoms with van der Waals surface area (Å²) in [6, 6.07) is 10.2. The minimum atomic E-state index is -1.61. The highest BCUT2D eigenvalue weighted by atomic mass is 16.6. The number of furan rings is 1. The number of rotatable bonds is 4. The summed E-state index contributed by atoms with van der Waals surface area (Å²) >= 11 is 0. The zero-order chi connectivity index (χ0) is 15.4. The number of benzene rings is 1. The van der Waals surface area contributed by atoms with Crippen LogP contribution in [0.25, 0.3) is 17.4 Å². The monoisotopic (exact) mass is 283 g/mol. The third-order valence-corrected chi connectivity index (χ3v) is 2.60. The van der Waals surface area contributed by atoms with Crippen LogP contribution in [0.4, 0.5) is 5.69 Å². The molecule has 0 aliphatic heterocycles. The van der Waals surface area contributed by atoms with Crippen LogP contribution in [0.2, 0.25) is 0 Å². The average molecular weight is 283 g/mol. The van der Waals surface area contributed by atoms with E-state index >= 15 is 0 Å². The van der Waals surface area contributed by atoms with Crippen LogP contribution >= 0.6 is 0 Å². The number of nitro benzene ring substituents is 1. The summed E-state index contributed by atoms with van der Waals surface area (Å²) < 4.78 is 5.35. The predicted octanol–water partition coefficient (Wildman–Crippen LogP) is 1.51. The Morgan fingerprint density at radius 1 is 1.33 bits per heavy atom. The minimum absolute atomic E-state index is 0.0894. The molecule has 7 heteroatoms. The number of nitriles is 1. The number of non-ortho nitro benzene ring substituents is 1. The Morgan fingerprint density at radius 3 is 2.71 bits per heavy atom. The molecule has 2 aromatic rings. The molecule has 0 fully saturated rings. The first-order valence-electron chi connectivity index (χ1n) is 5.69. The van der Waals surface area contributed by atoms with E-state index in [4.69, 9.17) is 9.68 Å². The van der Waals surface area contributed by atoms with Gasteiger partial charge in [0.2, 0.25) is 0 Å². The van der Waals surface area contributed by atoms with Gasteiger partial charge in [0.05, 0.1) is 16.5 Å². The van der Waals surface area contributed by atoms with E-state index in [-0.39, 0.29) is 11.4 Å². The van der Waals surface area contributed by atoms with Crippen molar-refractivity contribution in [2.24, 2.45) is 0 Å². The summed E-state index contributed by atoms with van der Waals surface area (Å²) in [5, 5.41) is 29.9. The molecular formula is C14H7N2O5-. The highest BCUT2D eigenvalue weighted by molar-refractivity contribution is 5.94. The molecule has 0 bridgehead atoms. The van der Waals surface area contributed by atoms with Gasteiger partial charge in [-0.2, -0.15) is 5.26 Å². The van der Waals surface area contributed by atoms with Crippen molar-refractivity contribution < 1.29 is 19.2 Å². The highest BCUT2D eigenvalue weighted by Gasteiger charge is 2.10. The van der Waals surface area contributed by atoms with Crippen molar-refractivity contribution in [2.45, 2.75) is 0 Å². The summed E-state index contributed by atoms with van der Waals surface area (Å²) in [6.07, 6.45) is 1.02. The summed E-state index contributed by atoms with van der Waals surface area (Å²) in [5.74, 6) is -1.15. The Hall–Kier alpha value is -3.40. The van der Waals surface area contributed by atoms with Gasteiger partial charge in [0.1, 0.15) is 17.6 Å². The lowest BCUT2D eigenvalue weighted by molar-refractivity contribution is -0.384. The van der Waals surface area contributed by atoms with E-state index in [1.165, 1.54) is 36.4 Å². The standard InChI is InChI=1S/C14H8N2O5/c15-8-10(14(17)18)7-12-4-5-13(21-12)9-2-1-3-11(6-9)16(19)20/h1-7H,(H,17,18)/p-1/b10-7-. The van der Waals surface area contributed by atoms with Gasteiger partial charge in [-0.05, 0) is 12.1 Å². The molecule has 0 amide bonds. The summed E-state index contributed by atoms with van der Waals surface area (Å²) in [5.41, 5.74) is -0.195.